The fourth-order valence-electron chi connectivity index (χ4n) is 1.92. The van der Waals surface area contributed by atoms with Crippen molar-refractivity contribution in [3.05, 3.63) is 77.0 Å². The fraction of sp³-hybridized carbons (Fsp3) is 0.0588. The van der Waals surface area contributed by atoms with Crippen LogP contribution in [0.1, 0.15) is 16.2 Å². The van der Waals surface area contributed by atoms with E-state index in [9.17, 15) is 9.18 Å². The number of hydrogen-bond acceptors (Lipinski definition) is 4. The van der Waals surface area contributed by atoms with Gasteiger partial charge in [0.2, 0.25) is 5.89 Å². The van der Waals surface area contributed by atoms with Crippen LogP contribution in [0.5, 0.6) is 0 Å². The van der Waals surface area contributed by atoms with Crippen molar-refractivity contribution in [2.75, 3.05) is 0 Å². The summed E-state index contributed by atoms with van der Waals surface area (Å²) in [5, 5.41) is 0.627. The van der Waals surface area contributed by atoms with E-state index in [-0.39, 0.29) is 18.1 Å². The quantitative estimate of drug-likeness (QED) is 0.661. The number of esters is 1. The van der Waals surface area contributed by atoms with Gasteiger partial charge >= 0.3 is 5.97 Å². The zero-order chi connectivity index (χ0) is 16.2. The summed E-state index contributed by atoms with van der Waals surface area (Å²) in [6.07, 6.45) is 1.55. The van der Waals surface area contributed by atoms with Gasteiger partial charge in [-0.2, -0.15) is 0 Å². The van der Waals surface area contributed by atoms with Crippen molar-refractivity contribution >= 4 is 17.6 Å². The molecule has 116 valence electrons. The molecular formula is C17H11ClFNO3. The minimum Gasteiger partial charge on any atom is -0.452 e. The van der Waals surface area contributed by atoms with Crippen molar-refractivity contribution in [1.29, 1.82) is 0 Å². The fourth-order valence-corrected chi connectivity index (χ4v) is 2.05. The summed E-state index contributed by atoms with van der Waals surface area (Å²) in [4.78, 5) is 15.9. The molecule has 0 saturated heterocycles. The van der Waals surface area contributed by atoms with Gasteiger partial charge in [-0.15, -0.1) is 0 Å². The van der Waals surface area contributed by atoms with Crippen LogP contribution in [0.25, 0.3) is 11.3 Å². The van der Waals surface area contributed by atoms with Crippen molar-refractivity contribution in [1.82, 2.24) is 4.98 Å². The zero-order valence-corrected chi connectivity index (χ0v) is 12.6. The van der Waals surface area contributed by atoms with E-state index in [0.29, 0.717) is 10.8 Å². The Morgan fingerprint density at radius 2 is 1.83 bits per heavy atom. The third-order valence-corrected chi connectivity index (χ3v) is 3.34. The third-order valence-electron chi connectivity index (χ3n) is 3.09. The Bertz CT molecular complexity index is 813. The molecule has 3 aromatic rings. The van der Waals surface area contributed by atoms with Crippen molar-refractivity contribution < 1.29 is 18.3 Å². The summed E-state index contributed by atoms with van der Waals surface area (Å²) in [6, 6.07) is 12.2. The van der Waals surface area contributed by atoms with E-state index in [1.165, 1.54) is 24.3 Å². The molecule has 0 aliphatic rings. The standard InChI is InChI=1S/C17H11ClFNO3/c18-13-5-1-11(2-6-13)15-9-20-16(23-15)10-22-17(21)12-3-7-14(19)8-4-12/h1-9H,10H2. The highest BCUT2D eigenvalue weighted by atomic mass is 35.5. The highest BCUT2D eigenvalue weighted by Crippen LogP contribution is 2.22. The summed E-state index contributed by atoms with van der Waals surface area (Å²) < 4.78 is 23.4. The summed E-state index contributed by atoms with van der Waals surface area (Å²) in [7, 11) is 0. The number of carbonyl (C=O) groups is 1. The average Bonchev–Trinajstić information content (AvgIpc) is 3.03. The van der Waals surface area contributed by atoms with E-state index in [4.69, 9.17) is 20.8 Å². The molecule has 0 aliphatic heterocycles. The third kappa shape index (κ3) is 3.76. The molecule has 0 unspecified atom stereocenters. The summed E-state index contributed by atoms with van der Waals surface area (Å²) in [5.41, 5.74) is 1.08. The van der Waals surface area contributed by atoms with E-state index >= 15 is 0 Å². The number of rotatable bonds is 4. The molecule has 4 nitrogen and oxygen atoms in total. The van der Waals surface area contributed by atoms with Gasteiger partial charge in [0.25, 0.3) is 0 Å². The first kappa shape index (κ1) is 15.2. The van der Waals surface area contributed by atoms with Gasteiger partial charge in [0.1, 0.15) is 5.82 Å². The average molecular weight is 332 g/mol. The number of nitrogens with zero attached hydrogens (tertiary/aromatic N) is 1. The van der Waals surface area contributed by atoms with E-state index in [1.54, 1.807) is 30.5 Å². The Balaban J connectivity index is 1.64. The number of oxazole rings is 1. The van der Waals surface area contributed by atoms with Crippen LogP contribution < -0.4 is 0 Å². The molecule has 2 aromatic carbocycles. The van der Waals surface area contributed by atoms with Crippen LogP contribution in [0.2, 0.25) is 5.02 Å². The van der Waals surface area contributed by atoms with E-state index in [1.807, 2.05) is 0 Å². The van der Waals surface area contributed by atoms with E-state index in [0.717, 1.165) is 5.56 Å². The monoisotopic (exact) mass is 331 g/mol. The lowest BCUT2D eigenvalue weighted by Crippen LogP contribution is -2.05. The number of ether oxygens (including phenoxy) is 1. The zero-order valence-electron chi connectivity index (χ0n) is 11.8. The lowest BCUT2D eigenvalue weighted by molar-refractivity contribution is 0.0439. The molecule has 6 heteroatoms. The Hall–Kier alpha value is -2.66. The SMILES string of the molecule is O=C(OCc1ncc(-c2ccc(Cl)cc2)o1)c1ccc(F)cc1. The molecule has 0 aliphatic carbocycles. The van der Waals surface area contributed by atoms with E-state index < -0.39 is 11.8 Å². The lowest BCUT2D eigenvalue weighted by atomic mass is 10.2. The molecule has 0 bridgehead atoms. The maximum absolute atomic E-state index is 12.8. The number of hydrogen-bond donors (Lipinski definition) is 0. The van der Waals surface area contributed by atoms with Gasteiger partial charge in [0.05, 0.1) is 11.8 Å². The second kappa shape index (κ2) is 6.62. The Kier molecular flexibility index (Phi) is 4.39. The van der Waals surface area contributed by atoms with Crippen molar-refractivity contribution in [3.63, 3.8) is 0 Å². The predicted molar refractivity (Wildman–Crippen MR) is 82.5 cm³/mol. The van der Waals surface area contributed by atoms with Gasteiger partial charge < -0.3 is 9.15 Å². The Labute approximate surface area is 136 Å². The molecule has 0 N–H and O–H groups in total. The van der Waals surface area contributed by atoms with Crippen LogP contribution in [0, 0.1) is 5.82 Å². The van der Waals surface area contributed by atoms with Crippen LogP contribution in [-0.4, -0.2) is 11.0 Å². The topological polar surface area (TPSA) is 52.3 Å². The first-order valence-electron chi connectivity index (χ1n) is 6.75. The van der Waals surface area contributed by atoms with Gasteiger partial charge in [0.15, 0.2) is 12.4 Å². The molecule has 0 atom stereocenters. The van der Waals surface area contributed by atoms with Crippen molar-refractivity contribution in [3.8, 4) is 11.3 Å². The molecule has 1 aromatic heterocycles. The van der Waals surface area contributed by atoms with Crippen LogP contribution in [0.15, 0.2) is 59.1 Å². The van der Waals surface area contributed by atoms with Gasteiger partial charge in [0, 0.05) is 10.6 Å². The maximum atomic E-state index is 12.8. The van der Waals surface area contributed by atoms with Crippen LogP contribution in [0.4, 0.5) is 4.39 Å². The first-order valence-corrected chi connectivity index (χ1v) is 7.13. The normalized spacial score (nSPS) is 10.5. The Morgan fingerprint density at radius 1 is 1.13 bits per heavy atom. The number of benzene rings is 2. The molecule has 0 radical (unpaired) electrons. The van der Waals surface area contributed by atoms with Gasteiger partial charge in [-0.3, -0.25) is 0 Å². The summed E-state index contributed by atoms with van der Waals surface area (Å²) in [5.74, 6) is -0.169. The molecule has 0 fully saturated rings. The van der Waals surface area contributed by atoms with Crippen LogP contribution in [-0.2, 0) is 11.3 Å². The largest absolute Gasteiger partial charge is 0.452 e. The second-order valence-electron chi connectivity index (χ2n) is 4.71. The highest BCUT2D eigenvalue weighted by Gasteiger charge is 2.11. The number of aromatic nitrogens is 1. The van der Waals surface area contributed by atoms with Crippen LogP contribution in [0.3, 0.4) is 0 Å². The highest BCUT2D eigenvalue weighted by molar-refractivity contribution is 6.30. The molecule has 0 amide bonds. The minimum absolute atomic E-state index is 0.107. The summed E-state index contributed by atoms with van der Waals surface area (Å²) >= 11 is 5.83. The molecule has 0 spiro atoms. The molecule has 1 heterocycles. The molecular weight excluding hydrogens is 321 g/mol. The van der Waals surface area contributed by atoms with Crippen LogP contribution >= 0.6 is 11.6 Å². The number of halogens is 2. The minimum atomic E-state index is -0.573. The van der Waals surface area contributed by atoms with Crippen molar-refractivity contribution in [2.45, 2.75) is 6.61 Å². The van der Waals surface area contributed by atoms with Gasteiger partial charge in [-0.25, -0.2) is 14.2 Å². The second-order valence-corrected chi connectivity index (χ2v) is 5.14. The van der Waals surface area contributed by atoms with Crippen molar-refractivity contribution in [2.24, 2.45) is 0 Å². The predicted octanol–water partition coefficient (Wildman–Crippen LogP) is 4.49. The molecule has 23 heavy (non-hydrogen) atoms. The smallest absolute Gasteiger partial charge is 0.338 e. The van der Waals surface area contributed by atoms with Gasteiger partial charge in [-0.1, -0.05) is 11.6 Å². The van der Waals surface area contributed by atoms with Gasteiger partial charge in [-0.05, 0) is 48.5 Å². The summed E-state index contributed by atoms with van der Waals surface area (Å²) in [6.45, 7) is -0.107. The maximum Gasteiger partial charge on any atom is 0.338 e. The molecule has 0 saturated carbocycles. The first-order chi connectivity index (χ1) is 11.1. The lowest BCUT2D eigenvalue weighted by Gasteiger charge is -2.02. The number of carbonyl (C=O) groups excluding carboxylic acids is 1. The van der Waals surface area contributed by atoms with E-state index in [2.05, 4.69) is 4.98 Å². The Morgan fingerprint density at radius 3 is 2.52 bits per heavy atom. The molecule has 3 rings (SSSR count).